The molecule has 0 saturated carbocycles. The van der Waals surface area contributed by atoms with Gasteiger partial charge in [0.15, 0.2) is 0 Å². The maximum Gasteiger partial charge on any atom is 0.414 e. The number of aliphatic imine (C=N–C) groups is 1. The van der Waals surface area contributed by atoms with E-state index in [4.69, 9.17) is 9.73 Å². The number of nitrogens with zero attached hydrogens (tertiary/aromatic N) is 4. The molecule has 3 heterocycles. The smallest absolute Gasteiger partial charge is 0.414 e. The molecule has 1 atom stereocenters. The number of rotatable bonds is 10. The molecule has 4 aromatic rings. The minimum absolute atomic E-state index is 0.118. The van der Waals surface area contributed by atoms with Crippen molar-refractivity contribution in [3.8, 4) is 11.3 Å². The van der Waals surface area contributed by atoms with E-state index < -0.39 is 11.5 Å². The predicted octanol–water partition coefficient (Wildman–Crippen LogP) is 7.52. The number of benzene rings is 2. The number of guanidine groups is 1. The first-order chi connectivity index (χ1) is 23.4. The summed E-state index contributed by atoms with van der Waals surface area (Å²) in [7, 11) is 0. The standard InChI is InChI=1S/C40H52N6O3/c1-9-45(10-2)37(47)40(7,8)32-11-12-35-34(24-32)33(36(43-35)31-22-27(5)21-28(6)23-31)15-19-42-38(44-39(48)49-26(3)4)46-20-16-30(25-46)29-13-17-41-18-14-29/h11-14,17-18,21-24,26,30,43H,9-10,15-16,19-20,25H2,1-8H3,(H,42,44,48). The van der Waals surface area contributed by atoms with E-state index in [0.717, 1.165) is 52.8 Å². The van der Waals surface area contributed by atoms with Crippen molar-refractivity contribution in [2.45, 2.75) is 85.7 Å². The summed E-state index contributed by atoms with van der Waals surface area (Å²) in [4.78, 5) is 43.4. The molecule has 0 spiro atoms. The Morgan fingerprint density at radius 1 is 1.06 bits per heavy atom. The number of likely N-dealkylation sites (tertiary alicyclic amines) is 1. The predicted molar refractivity (Wildman–Crippen MR) is 198 cm³/mol. The Labute approximate surface area is 291 Å². The van der Waals surface area contributed by atoms with Gasteiger partial charge in [-0.25, -0.2) is 4.79 Å². The van der Waals surface area contributed by atoms with E-state index in [-0.39, 0.29) is 12.0 Å². The fourth-order valence-corrected chi connectivity index (χ4v) is 6.98. The molecule has 2 aromatic heterocycles. The van der Waals surface area contributed by atoms with Crippen molar-refractivity contribution in [2.24, 2.45) is 4.99 Å². The molecule has 0 bridgehead atoms. The van der Waals surface area contributed by atoms with Crippen LogP contribution in [0.2, 0.25) is 0 Å². The van der Waals surface area contributed by atoms with Crippen LogP contribution in [-0.2, 0) is 21.4 Å². The zero-order valence-electron chi connectivity index (χ0n) is 30.4. The number of hydrogen-bond acceptors (Lipinski definition) is 5. The second kappa shape index (κ2) is 15.3. The number of pyridine rings is 1. The first-order valence-corrected chi connectivity index (χ1v) is 17.6. The van der Waals surface area contributed by atoms with E-state index in [9.17, 15) is 9.59 Å². The van der Waals surface area contributed by atoms with Crippen molar-refractivity contribution in [1.29, 1.82) is 0 Å². The Morgan fingerprint density at radius 3 is 2.41 bits per heavy atom. The Morgan fingerprint density at radius 2 is 1.76 bits per heavy atom. The zero-order valence-corrected chi connectivity index (χ0v) is 30.4. The molecule has 1 aliphatic rings. The molecule has 9 nitrogen and oxygen atoms in total. The Kier molecular flexibility index (Phi) is 11.1. The van der Waals surface area contributed by atoms with Crippen molar-refractivity contribution in [2.75, 3.05) is 32.7 Å². The van der Waals surface area contributed by atoms with E-state index in [1.807, 2.05) is 58.8 Å². The lowest BCUT2D eigenvalue weighted by Gasteiger charge is -2.31. The van der Waals surface area contributed by atoms with Gasteiger partial charge in [-0.1, -0.05) is 23.3 Å². The van der Waals surface area contributed by atoms with Gasteiger partial charge in [0.25, 0.3) is 0 Å². The summed E-state index contributed by atoms with van der Waals surface area (Å²) in [6.45, 7) is 19.3. The highest BCUT2D eigenvalue weighted by atomic mass is 16.6. The molecule has 49 heavy (non-hydrogen) atoms. The number of hydrogen-bond donors (Lipinski definition) is 2. The van der Waals surface area contributed by atoms with Crippen molar-refractivity contribution in [3.05, 3.63) is 88.7 Å². The van der Waals surface area contributed by atoms with Crippen LogP contribution in [0.1, 0.15) is 81.7 Å². The molecule has 1 aliphatic heterocycles. The normalized spacial score (nSPS) is 15.2. The average molecular weight is 665 g/mol. The molecular weight excluding hydrogens is 612 g/mol. The van der Waals surface area contributed by atoms with E-state index in [2.05, 4.69) is 82.6 Å². The van der Waals surface area contributed by atoms with Gasteiger partial charge in [-0.15, -0.1) is 0 Å². The zero-order chi connectivity index (χ0) is 35.3. The van der Waals surface area contributed by atoms with Gasteiger partial charge in [-0.2, -0.15) is 0 Å². The van der Waals surface area contributed by atoms with Gasteiger partial charge in [0.2, 0.25) is 11.9 Å². The van der Waals surface area contributed by atoms with Crippen LogP contribution in [-0.4, -0.2) is 76.6 Å². The molecule has 0 aliphatic carbocycles. The van der Waals surface area contributed by atoms with Crippen molar-refractivity contribution < 1.29 is 14.3 Å². The first kappa shape index (κ1) is 35.6. The van der Waals surface area contributed by atoms with Crippen molar-refractivity contribution in [3.63, 3.8) is 0 Å². The number of carbonyl (C=O) groups excluding carboxylic acids is 2. The van der Waals surface area contributed by atoms with Crippen molar-refractivity contribution in [1.82, 2.24) is 25.1 Å². The number of likely N-dealkylation sites (N-methyl/N-ethyl adjacent to an activating group) is 1. The Hall–Kier alpha value is -4.66. The highest BCUT2D eigenvalue weighted by Crippen LogP contribution is 2.36. The third-order valence-corrected chi connectivity index (χ3v) is 9.57. The van der Waals surface area contributed by atoms with Gasteiger partial charge in [-0.3, -0.25) is 20.1 Å². The molecule has 9 heteroatoms. The molecule has 2 aromatic carbocycles. The molecule has 5 rings (SSSR count). The fourth-order valence-electron chi connectivity index (χ4n) is 6.98. The summed E-state index contributed by atoms with van der Waals surface area (Å²) < 4.78 is 5.46. The topological polar surface area (TPSA) is 103 Å². The Balaban J connectivity index is 1.52. The molecule has 1 unspecified atom stereocenters. The highest BCUT2D eigenvalue weighted by molar-refractivity contribution is 5.95. The number of ether oxygens (including phenoxy) is 1. The number of aryl methyl sites for hydroxylation is 2. The number of H-pyrrole nitrogens is 1. The average Bonchev–Trinajstić information content (AvgIpc) is 3.70. The molecule has 1 saturated heterocycles. The van der Waals surface area contributed by atoms with Gasteiger partial charge in [-0.05, 0) is 127 Å². The van der Waals surface area contributed by atoms with Gasteiger partial charge in [0.05, 0.1) is 11.5 Å². The molecule has 2 amide bonds. The molecule has 260 valence electrons. The largest absolute Gasteiger partial charge is 0.447 e. The lowest BCUT2D eigenvalue weighted by atomic mass is 9.82. The summed E-state index contributed by atoms with van der Waals surface area (Å²) in [5, 5.41) is 4.03. The van der Waals surface area contributed by atoms with Crippen LogP contribution in [0.5, 0.6) is 0 Å². The molecule has 0 radical (unpaired) electrons. The first-order valence-electron chi connectivity index (χ1n) is 17.6. The second-order valence-electron chi connectivity index (χ2n) is 14.0. The number of alkyl carbamates (subject to hydrolysis) is 1. The third kappa shape index (κ3) is 8.15. The van der Waals surface area contributed by atoms with E-state index in [1.54, 1.807) is 0 Å². The van der Waals surface area contributed by atoms with Gasteiger partial charge >= 0.3 is 6.09 Å². The maximum absolute atomic E-state index is 13.6. The molecule has 2 N–H and O–H groups in total. The summed E-state index contributed by atoms with van der Waals surface area (Å²) >= 11 is 0. The number of aromatic amines is 1. The summed E-state index contributed by atoms with van der Waals surface area (Å²) in [6.07, 6.45) is 4.48. The van der Waals surface area contributed by atoms with Crippen LogP contribution in [0, 0.1) is 13.8 Å². The monoisotopic (exact) mass is 664 g/mol. The van der Waals surface area contributed by atoms with Crippen molar-refractivity contribution >= 4 is 28.9 Å². The van der Waals surface area contributed by atoms with Crippen LogP contribution in [0.15, 0.2) is 65.9 Å². The number of nitrogens with one attached hydrogen (secondary N) is 2. The van der Waals surface area contributed by atoms with Gasteiger partial charge < -0.3 is 19.5 Å². The molecular formula is C40H52N6O3. The SMILES string of the molecule is CCN(CC)C(=O)C(C)(C)c1ccc2[nH]c(-c3cc(C)cc(C)c3)c(CCN=C(NC(=O)OC(C)C)N3CCC(c4ccncc4)C3)c2c1. The number of fused-ring (bicyclic) bond motifs is 1. The minimum Gasteiger partial charge on any atom is -0.447 e. The van der Waals surface area contributed by atoms with Crippen LogP contribution in [0.3, 0.4) is 0 Å². The van der Waals surface area contributed by atoms with Crippen LogP contribution < -0.4 is 5.32 Å². The van der Waals surface area contributed by atoms with Gasteiger partial charge in [0, 0.05) is 67.6 Å². The van der Waals surface area contributed by atoms with Gasteiger partial charge in [0.1, 0.15) is 0 Å². The molecule has 1 fully saturated rings. The van der Waals surface area contributed by atoms with E-state index in [1.165, 1.54) is 16.7 Å². The Bertz CT molecular complexity index is 1790. The van der Waals surface area contributed by atoms with Crippen LogP contribution >= 0.6 is 0 Å². The maximum atomic E-state index is 13.6. The number of aromatic nitrogens is 2. The van der Waals surface area contributed by atoms with Crippen LogP contribution in [0.25, 0.3) is 22.2 Å². The lowest BCUT2D eigenvalue weighted by Crippen LogP contribution is -2.44. The minimum atomic E-state index is -0.692. The van der Waals surface area contributed by atoms with E-state index >= 15 is 0 Å². The van der Waals surface area contributed by atoms with E-state index in [0.29, 0.717) is 37.9 Å². The summed E-state index contributed by atoms with van der Waals surface area (Å²) in [5.74, 6) is 0.969. The quantitative estimate of drug-likeness (QED) is 0.135. The highest BCUT2D eigenvalue weighted by Gasteiger charge is 2.33. The number of carbonyl (C=O) groups is 2. The lowest BCUT2D eigenvalue weighted by molar-refractivity contribution is -0.135. The fraction of sp³-hybridized carbons (Fsp3) is 0.450. The number of amides is 2. The van der Waals surface area contributed by atoms with Crippen LogP contribution in [0.4, 0.5) is 4.79 Å². The summed E-state index contributed by atoms with van der Waals surface area (Å²) in [6, 6.07) is 17.1. The third-order valence-electron chi connectivity index (χ3n) is 9.57. The summed E-state index contributed by atoms with van der Waals surface area (Å²) in [5.41, 5.74) is 8.22. The second-order valence-corrected chi connectivity index (χ2v) is 14.0.